The molecule has 88 valence electrons. The van der Waals surface area contributed by atoms with Crippen molar-refractivity contribution in [2.75, 3.05) is 12.8 Å². The first-order valence-corrected chi connectivity index (χ1v) is 7.44. The summed E-state index contributed by atoms with van der Waals surface area (Å²) in [5.74, 6) is 0. The van der Waals surface area contributed by atoms with Crippen molar-refractivity contribution in [1.29, 1.82) is 0 Å². The van der Waals surface area contributed by atoms with Crippen molar-refractivity contribution in [3.63, 3.8) is 0 Å². The molecule has 0 saturated carbocycles. The first-order valence-electron chi connectivity index (χ1n) is 5.48. The minimum atomic E-state index is -2.65. The highest BCUT2D eigenvalue weighted by atomic mass is 31.2. The average molecular weight is 240 g/mol. The number of hydrogen-bond donors (Lipinski definition) is 2. The van der Waals surface area contributed by atoms with Crippen LogP contribution in [0.3, 0.4) is 0 Å². The van der Waals surface area contributed by atoms with Gasteiger partial charge in [0.25, 0.3) is 0 Å². The van der Waals surface area contributed by atoms with Crippen LogP contribution < -0.4 is 5.30 Å². The van der Waals surface area contributed by atoms with E-state index in [0.717, 1.165) is 5.30 Å². The maximum atomic E-state index is 12.9. The largest absolute Gasteiger partial charge is 0.395 e. The summed E-state index contributed by atoms with van der Waals surface area (Å²) in [5.41, 5.74) is -1.54. The van der Waals surface area contributed by atoms with Crippen LogP contribution in [0.25, 0.3) is 0 Å². The molecule has 1 aromatic rings. The lowest BCUT2D eigenvalue weighted by Gasteiger charge is -2.27. The van der Waals surface area contributed by atoms with Gasteiger partial charge in [-0.3, -0.25) is 0 Å². The summed E-state index contributed by atoms with van der Waals surface area (Å²) < 4.78 is 12.9. The van der Waals surface area contributed by atoms with Gasteiger partial charge in [-0.2, -0.15) is 0 Å². The quantitative estimate of drug-likeness (QED) is 0.763. The van der Waals surface area contributed by atoms with Crippen LogP contribution in [0.5, 0.6) is 0 Å². The van der Waals surface area contributed by atoms with Gasteiger partial charge in [0.2, 0.25) is 0 Å². The van der Waals surface area contributed by atoms with Gasteiger partial charge in [-0.25, -0.2) is 0 Å². The van der Waals surface area contributed by atoms with Gasteiger partial charge in [0.1, 0.15) is 7.14 Å². The summed E-state index contributed by atoms with van der Waals surface area (Å²) in [6, 6.07) is 9.21. The molecule has 3 nitrogen and oxygen atoms in total. The Balaban J connectivity index is 2.44. The van der Waals surface area contributed by atoms with Crippen LogP contribution in [-0.2, 0) is 4.57 Å². The molecule has 1 saturated heterocycles. The Kier molecular flexibility index (Phi) is 2.95. The number of rotatable bonds is 2. The van der Waals surface area contributed by atoms with E-state index in [1.807, 2.05) is 30.3 Å². The highest BCUT2D eigenvalue weighted by Gasteiger charge is 2.51. The van der Waals surface area contributed by atoms with Gasteiger partial charge in [0.05, 0.1) is 17.9 Å². The maximum absolute atomic E-state index is 12.9. The highest BCUT2D eigenvalue weighted by Crippen LogP contribution is 2.60. The first-order chi connectivity index (χ1) is 7.50. The van der Waals surface area contributed by atoms with Gasteiger partial charge in [-0.1, -0.05) is 30.3 Å². The van der Waals surface area contributed by atoms with Crippen molar-refractivity contribution >= 4 is 12.4 Å². The van der Waals surface area contributed by atoms with Gasteiger partial charge in [0, 0.05) is 11.5 Å². The molecule has 0 aliphatic carbocycles. The van der Waals surface area contributed by atoms with Crippen molar-refractivity contribution in [1.82, 2.24) is 0 Å². The van der Waals surface area contributed by atoms with Crippen molar-refractivity contribution in [3.8, 4) is 0 Å². The van der Waals surface area contributed by atoms with E-state index in [9.17, 15) is 14.8 Å². The Morgan fingerprint density at radius 1 is 1.44 bits per heavy atom. The summed E-state index contributed by atoms with van der Waals surface area (Å²) >= 11 is 0. The zero-order valence-corrected chi connectivity index (χ0v) is 10.2. The van der Waals surface area contributed by atoms with Crippen molar-refractivity contribution in [2.45, 2.75) is 24.6 Å². The standard InChI is InChI=1S/C12H17O3P/c1-12(14)7-8-16(15,11(12)9-13)10-5-3-2-4-6-10/h2-6,11,13-14H,7-9H2,1H3. The first kappa shape index (κ1) is 11.8. The predicted octanol–water partition coefficient (Wildman–Crippen LogP) is 1.19. The molecule has 1 aromatic carbocycles. The molecule has 0 aromatic heterocycles. The van der Waals surface area contributed by atoms with Crippen LogP contribution in [0.4, 0.5) is 0 Å². The zero-order valence-electron chi connectivity index (χ0n) is 9.34. The van der Waals surface area contributed by atoms with E-state index in [1.54, 1.807) is 6.92 Å². The van der Waals surface area contributed by atoms with E-state index >= 15 is 0 Å². The van der Waals surface area contributed by atoms with Gasteiger partial charge >= 0.3 is 0 Å². The molecular formula is C12H17O3P. The van der Waals surface area contributed by atoms with E-state index in [0.29, 0.717) is 12.6 Å². The Morgan fingerprint density at radius 2 is 2.06 bits per heavy atom. The summed E-state index contributed by atoms with van der Waals surface area (Å²) in [6.45, 7) is 1.44. The second-order valence-corrected chi connectivity index (χ2v) is 7.84. The zero-order chi connectivity index (χ0) is 11.8. The normalized spacial score (nSPS) is 38.8. The lowest BCUT2D eigenvalue weighted by Crippen LogP contribution is -2.37. The predicted molar refractivity (Wildman–Crippen MR) is 64.7 cm³/mol. The van der Waals surface area contributed by atoms with Crippen molar-refractivity contribution in [2.24, 2.45) is 0 Å². The van der Waals surface area contributed by atoms with E-state index in [4.69, 9.17) is 0 Å². The molecule has 3 unspecified atom stereocenters. The third-order valence-electron chi connectivity index (χ3n) is 3.54. The highest BCUT2D eigenvalue weighted by molar-refractivity contribution is 7.72. The van der Waals surface area contributed by atoms with Crippen LogP contribution >= 0.6 is 7.14 Å². The van der Waals surface area contributed by atoms with E-state index in [-0.39, 0.29) is 6.61 Å². The van der Waals surface area contributed by atoms with E-state index in [2.05, 4.69) is 0 Å². The molecule has 2 N–H and O–H groups in total. The van der Waals surface area contributed by atoms with Crippen LogP contribution in [0.15, 0.2) is 30.3 Å². The molecule has 0 spiro atoms. The molecule has 4 heteroatoms. The van der Waals surface area contributed by atoms with Crippen molar-refractivity contribution < 1.29 is 14.8 Å². The number of aliphatic hydroxyl groups excluding tert-OH is 1. The van der Waals surface area contributed by atoms with Crippen LogP contribution in [0.2, 0.25) is 0 Å². The van der Waals surface area contributed by atoms with E-state index < -0.39 is 18.4 Å². The number of hydrogen-bond acceptors (Lipinski definition) is 3. The molecule has 1 fully saturated rings. The van der Waals surface area contributed by atoms with Gasteiger partial charge in [0.15, 0.2) is 0 Å². The molecule has 1 heterocycles. The summed E-state index contributed by atoms with van der Waals surface area (Å²) in [7, 11) is -2.65. The molecule has 1 aliphatic heterocycles. The monoisotopic (exact) mass is 240 g/mol. The van der Waals surface area contributed by atoms with Crippen LogP contribution in [-0.4, -0.2) is 34.2 Å². The summed E-state index contributed by atoms with van der Waals surface area (Å²) in [4.78, 5) is 0. The second kappa shape index (κ2) is 3.99. The van der Waals surface area contributed by atoms with Gasteiger partial charge < -0.3 is 14.8 Å². The van der Waals surface area contributed by atoms with Crippen LogP contribution in [0.1, 0.15) is 13.3 Å². The Bertz CT molecular complexity index is 414. The molecule has 0 bridgehead atoms. The van der Waals surface area contributed by atoms with Gasteiger partial charge in [-0.15, -0.1) is 0 Å². The Labute approximate surface area is 95.5 Å². The fourth-order valence-corrected chi connectivity index (χ4v) is 6.16. The maximum Gasteiger partial charge on any atom is 0.123 e. The van der Waals surface area contributed by atoms with Crippen molar-refractivity contribution in [3.05, 3.63) is 30.3 Å². The molecule has 16 heavy (non-hydrogen) atoms. The molecule has 0 radical (unpaired) electrons. The van der Waals surface area contributed by atoms with E-state index in [1.165, 1.54) is 0 Å². The Morgan fingerprint density at radius 3 is 2.62 bits per heavy atom. The fraction of sp³-hybridized carbons (Fsp3) is 0.500. The van der Waals surface area contributed by atoms with Crippen LogP contribution in [0, 0.1) is 0 Å². The summed E-state index contributed by atoms with van der Waals surface area (Å²) in [6.07, 6.45) is 0.972. The molecule has 3 atom stereocenters. The lowest BCUT2D eigenvalue weighted by atomic mass is 10.0. The molecule has 1 aliphatic rings. The smallest absolute Gasteiger partial charge is 0.123 e. The minimum Gasteiger partial charge on any atom is -0.395 e. The average Bonchev–Trinajstić information content (AvgIpc) is 2.52. The molecule has 0 amide bonds. The summed E-state index contributed by atoms with van der Waals surface area (Å²) in [5, 5.41) is 20.3. The van der Waals surface area contributed by atoms with Gasteiger partial charge in [-0.05, 0) is 13.3 Å². The number of aliphatic hydroxyl groups is 2. The second-order valence-electron chi connectivity index (χ2n) is 4.66. The topological polar surface area (TPSA) is 57.5 Å². The SMILES string of the molecule is CC1(O)CCP(=O)(c2ccccc2)C1CO. The Hall–Kier alpha value is -0.630. The lowest BCUT2D eigenvalue weighted by molar-refractivity contribution is 0.0438. The minimum absolute atomic E-state index is 0.223. The fourth-order valence-electron chi connectivity index (χ4n) is 2.48. The third kappa shape index (κ3) is 1.73. The number of benzene rings is 1. The third-order valence-corrected chi connectivity index (χ3v) is 7.32. The molecular weight excluding hydrogens is 223 g/mol. The molecule has 2 rings (SSSR count).